The molecule has 2 aromatic rings. The Labute approximate surface area is 144 Å². The van der Waals surface area contributed by atoms with E-state index in [0.717, 1.165) is 12.1 Å². The lowest BCUT2D eigenvalue weighted by Crippen LogP contribution is -2.40. The van der Waals surface area contributed by atoms with Gasteiger partial charge in [-0.15, -0.1) is 0 Å². The van der Waals surface area contributed by atoms with Crippen LogP contribution in [-0.4, -0.2) is 26.0 Å². The maximum absolute atomic E-state index is 12.8. The Hall–Kier alpha value is -3.35. The second-order valence-electron chi connectivity index (χ2n) is 4.89. The van der Waals surface area contributed by atoms with Crippen LogP contribution in [0.4, 0.5) is 4.39 Å². The zero-order chi connectivity index (χ0) is 18.2. The van der Waals surface area contributed by atoms with Crippen molar-refractivity contribution in [2.24, 2.45) is 0 Å². The Kier molecular flexibility index (Phi) is 6.11. The van der Waals surface area contributed by atoms with E-state index in [2.05, 4.69) is 10.9 Å². The van der Waals surface area contributed by atoms with Gasteiger partial charge in [0.25, 0.3) is 11.8 Å². The second kappa shape index (κ2) is 8.49. The monoisotopic (exact) mass is 344 g/mol. The molecule has 7 heteroatoms. The molecular formula is C18H17FN2O4. The van der Waals surface area contributed by atoms with E-state index in [1.165, 1.54) is 38.5 Å². The van der Waals surface area contributed by atoms with Crippen molar-refractivity contribution in [2.45, 2.75) is 0 Å². The van der Waals surface area contributed by atoms with Crippen LogP contribution in [0.1, 0.15) is 15.9 Å². The minimum absolute atomic E-state index is 0.222. The summed E-state index contributed by atoms with van der Waals surface area (Å²) in [6, 6.07) is 10.1. The van der Waals surface area contributed by atoms with E-state index in [-0.39, 0.29) is 5.56 Å². The number of hydrogen-bond donors (Lipinski definition) is 2. The molecule has 0 saturated carbocycles. The molecule has 0 bridgehead atoms. The highest BCUT2D eigenvalue weighted by atomic mass is 19.1. The largest absolute Gasteiger partial charge is 0.497 e. The van der Waals surface area contributed by atoms with E-state index in [0.29, 0.717) is 17.1 Å². The van der Waals surface area contributed by atoms with Crippen molar-refractivity contribution in [2.75, 3.05) is 14.2 Å². The fraction of sp³-hybridized carbons (Fsp3) is 0.111. The summed E-state index contributed by atoms with van der Waals surface area (Å²) in [6.45, 7) is 0. The van der Waals surface area contributed by atoms with Gasteiger partial charge in [0.15, 0.2) is 0 Å². The van der Waals surface area contributed by atoms with Crippen LogP contribution in [0, 0.1) is 5.82 Å². The van der Waals surface area contributed by atoms with Crippen LogP contribution in [0.15, 0.2) is 48.5 Å². The topological polar surface area (TPSA) is 76.7 Å². The zero-order valence-corrected chi connectivity index (χ0v) is 13.7. The molecule has 0 saturated heterocycles. The second-order valence-corrected chi connectivity index (χ2v) is 4.89. The maximum Gasteiger partial charge on any atom is 0.269 e. The number of benzene rings is 2. The first-order valence-corrected chi connectivity index (χ1v) is 7.29. The highest BCUT2D eigenvalue weighted by molar-refractivity contribution is 5.98. The van der Waals surface area contributed by atoms with Crippen molar-refractivity contribution in [1.82, 2.24) is 10.9 Å². The summed E-state index contributed by atoms with van der Waals surface area (Å²) in [5.74, 6) is -0.359. The molecule has 2 amide bonds. The number of methoxy groups -OCH3 is 2. The zero-order valence-electron chi connectivity index (χ0n) is 13.7. The Balaban J connectivity index is 1.97. The van der Waals surface area contributed by atoms with Crippen molar-refractivity contribution in [1.29, 1.82) is 0 Å². The number of rotatable bonds is 5. The molecule has 2 rings (SSSR count). The molecule has 0 radical (unpaired) electrons. The summed E-state index contributed by atoms with van der Waals surface area (Å²) in [7, 11) is 3.05. The third kappa shape index (κ3) is 5.07. The quantitative estimate of drug-likeness (QED) is 0.645. The number of halogens is 1. The third-order valence-electron chi connectivity index (χ3n) is 3.26. The molecule has 0 spiro atoms. The fourth-order valence-electron chi connectivity index (χ4n) is 1.97. The number of hydrogen-bond acceptors (Lipinski definition) is 4. The molecule has 0 atom stereocenters. The number of carbonyl (C=O) groups is 2. The minimum atomic E-state index is -0.555. The van der Waals surface area contributed by atoms with Crippen LogP contribution in [-0.2, 0) is 4.79 Å². The molecule has 2 aromatic carbocycles. The number of amides is 2. The van der Waals surface area contributed by atoms with Crippen LogP contribution in [0.25, 0.3) is 6.08 Å². The summed E-state index contributed by atoms with van der Waals surface area (Å²) >= 11 is 0. The van der Waals surface area contributed by atoms with Crippen molar-refractivity contribution in [3.05, 3.63) is 65.5 Å². The van der Waals surface area contributed by atoms with E-state index < -0.39 is 17.6 Å². The summed E-state index contributed by atoms with van der Waals surface area (Å²) in [6.07, 6.45) is 2.77. The molecule has 0 aliphatic rings. The predicted octanol–water partition coefficient (Wildman–Crippen LogP) is 2.32. The molecular weight excluding hydrogens is 327 g/mol. The molecule has 0 aliphatic heterocycles. The normalized spacial score (nSPS) is 10.4. The summed E-state index contributed by atoms with van der Waals surface area (Å²) in [5.41, 5.74) is 5.34. The van der Waals surface area contributed by atoms with Gasteiger partial charge in [0, 0.05) is 17.2 Å². The van der Waals surface area contributed by atoms with Crippen LogP contribution in [0.2, 0.25) is 0 Å². The average Bonchev–Trinajstić information content (AvgIpc) is 2.64. The Bertz CT molecular complexity index is 788. The molecule has 0 heterocycles. The van der Waals surface area contributed by atoms with Crippen molar-refractivity contribution < 1.29 is 23.5 Å². The van der Waals surface area contributed by atoms with Gasteiger partial charge in [-0.05, 0) is 48.5 Å². The lowest BCUT2D eigenvalue weighted by atomic mass is 10.1. The van der Waals surface area contributed by atoms with E-state index in [4.69, 9.17) is 9.47 Å². The van der Waals surface area contributed by atoms with Gasteiger partial charge in [0.05, 0.1) is 14.2 Å². The van der Waals surface area contributed by atoms with E-state index in [9.17, 15) is 14.0 Å². The lowest BCUT2D eigenvalue weighted by molar-refractivity contribution is -0.117. The standard InChI is InChI=1S/C18H17FN2O4/c1-24-15-8-9-16(25-2)13(11-15)5-10-17(22)20-21-18(23)12-3-6-14(19)7-4-12/h3-11H,1-2H3,(H,20,22)(H,21,23)/b10-5+. The van der Waals surface area contributed by atoms with E-state index >= 15 is 0 Å². The average molecular weight is 344 g/mol. The van der Waals surface area contributed by atoms with E-state index in [1.807, 2.05) is 0 Å². The number of ether oxygens (including phenoxy) is 2. The predicted molar refractivity (Wildman–Crippen MR) is 90.6 cm³/mol. The number of nitrogens with one attached hydrogen (secondary N) is 2. The van der Waals surface area contributed by atoms with Gasteiger partial charge in [0.2, 0.25) is 0 Å². The number of carbonyl (C=O) groups excluding carboxylic acids is 2. The molecule has 2 N–H and O–H groups in total. The Morgan fingerprint density at radius 2 is 1.72 bits per heavy atom. The Morgan fingerprint density at radius 3 is 2.36 bits per heavy atom. The van der Waals surface area contributed by atoms with Gasteiger partial charge in [-0.3, -0.25) is 20.4 Å². The summed E-state index contributed by atoms with van der Waals surface area (Å²) in [5, 5.41) is 0. The van der Waals surface area contributed by atoms with Crippen molar-refractivity contribution >= 4 is 17.9 Å². The van der Waals surface area contributed by atoms with E-state index in [1.54, 1.807) is 18.2 Å². The van der Waals surface area contributed by atoms with Crippen LogP contribution in [0.3, 0.4) is 0 Å². The van der Waals surface area contributed by atoms with Crippen molar-refractivity contribution in [3.63, 3.8) is 0 Å². The first-order valence-electron chi connectivity index (χ1n) is 7.29. The first kappa shape index (κ1) is 18.0. The third-order valence-corrected chi connectivity index (χ3v) is 3.26. The van der Waals surface area contributed by atoms with Gasteiger partial charge in [0.1, 0.15) is 17.3 Å². The van der Waals surface area contributed by atoms with Gasteiger partial charge in [-0.1, -0.05) is 0 Å². The summed E-state index contributed by atoms with van der Waals surface area (Å²) < 4.78 is 23.1. The van der Waals surface area contributed by atoms with Crippen LogP contribution >= 0.6 is 0 Å². The van der Waals surface area contributed by atoms with Crippen LogP contribution in [0.5, 0.6) is 11.5 Å². The summed E-state index contributed by atoms with van der Waals surface area (Å²) in [4.78, 5) is 23.6. The number of hydrazine groups is 1. The molecule has 6 nitrogen and oxygen atoms in total. The molecule has 0 fully saturated rings. The smallest absolute Gasteiger partial charge is 0.269 e. The maximum atomic E-state index is 12.8. The van der Waals surface area contributed by atoms with Crippen molar-refractivity contribution in [3.8, 4) is 11.5 Å². The van der Waals surface area contributed by atoms with Gasteiger partial charge >= 0.3 is 0 Å². The van der Waals surface area contributed by atoms with Gasteiger partial charge in [-0.25, -0.2) is 4.39 Å². The SMILES string of the molecule is COc1ccc(OC)c(/C=C/C(=O)NNC(=O)c2ccc(F)cc2)c1. The Morgan fingerprint density at radius 1 is 1.00 bits per heavy atom. The molecule has 0 unspecified atom stereocenters. The molecule has 25 heavy (non-hydrogen) atoms. The fourth-order valence-corrected chi connectivity index (χ4v) is 1.97. The van der Waals surface area contributed by atoms with Crippen LogP contribution < -0.4 is 20.3 Å². The van der Waals surface area contributed by atoms with Gasteiger partial charge in [-0.2, -0.15) is 0 Å². The lowest BCUT2D eigenvalue weighted by Gasteiger charge is -2.07. The molecule has 0 aromatic heterocycles. The highest BCUT2D eigenvalue weighted by Gasteiger charge is 2.07. The minimum Gasteiger partial charge on any atom is -0.497 e. The molecule has 0 aliphatic carbocycles. The first-order chi connectivity index (χ1) is 12.0. The van der Waals surface area contributed by atoms with Gasteiger partial charge < -0.3 is 9.47 Å². The molecule has 130 valence electrons. The highest BCUT2D eigenvalue weighted by Crippen LogP contribution is 2.24.